The Kier molecular flexibility index (Phi) is 5.67. The maximum absolute atomic E-state index is 12.5. The smallest absolute Gasteiger partial charge is 0.270 e. The number of non-ortho nitro benzene ring substituents is 1. The minimum Gasteiger partial charge on any atom is -0.496 e. The van der Waals surface area contributed by atoms with Gasteiger partial charge in [-0.05, 0) is 24.3 Å². The molecule has 8 nitrogen and oxygen atoms in total. The second kappa shape index (κ2) is 7.91. The van der Waals surface area contributed by atoms with Gasteiger partial charge in [-0.2, -0.15) is 0 Å². The van der Waals surface area contributed by atoms with E-state index in [0.717, 1.165) is 6.07 Å². The number of carbonyl (C=O) groups is 2. The van der Waals surface area contributed by atoms with Gasteiger partial charge in [0.1, 0.15) is 5.75 Å². The number of amides is 2. The Labute approximate surface area is 144 Å². The van der Waals surface area contributed by atoms with Gasteiger partial charge in [-0.1, -0.05) is 13.0 Å². The number of nitro groups is 1. The van der Waals surface area contributed by atoms with Crippen molar-refractivity contribution in [3.63, 3.8) is 0 Å². The van der Waals surface area contributed by atoms with Crippen LogP contribution >= 0.6 is 0 Å². The second-order valence-corrected chi connectivity index (χ2v) is 5.08. The van der Waals surface area contributed by atoms with Crippen LogP contribution in [0.5, 0.6) is 5.75 Å². The summed E-state index contributed by atoms with van der Waals surface area (Å²) < 4.78 is 5.09. The van der Waals surface area contributed by atoms with Gasteiger partial charge in [-0.3, -0.25) is 19.7 Å². The van der Waals surface area contributed by atoms with Crippen molar-refractivity contribution in [2.24, 2.45) is 0 Å². The Morgan fingerprint density at radius 3 is 2.40 bits per heavy atom. The van der Waals surface area contributed by atoms with Crippen LogP contribution in [0.1, 0.15) is 23.7 Å². The predicted octanol–water partition coefficient (Wildman–Crippen LogP) is 3.20. The SMILES string of the molecule is CCC(=O)Nc1cccc(NC(=O)c2cc([N+](=O)[O-])ccc2OC)c1. The molecule has 0 aliphatic rings. The molecule has 0 aliphatic carbocycles. The molecule has 0 unspecified atom stereocenters. The molecule has 0 radical (unpaired) electrons. The highest BCUT2D eigenvalue weighted by Crippen LogP contribution is 2.25. The molecular formula is C17H17N3O5. The predicted molar refractivity (Wildman–Crippen MR) is 93.0 cm³/mol. The van der Waals surface area contributed by atoms with Crippen LogP contribution in [0.25, 0.3) is 0 Å². The number of methoxy groups -OCH3 is 1. The van der Waals surface area contributed by atoms with E-state index in [4.69, 9.17) is 4.74 Å². The van der Waals surface area contributed by atoms with Crippen LogP contribution in [-0.2, 0) is 4.79 Å². The average molecular weight is 343 g/mol. The van der Waals surface area contributed by atoms with E-state index in [-0.39, 0.29) is 22.9 Å². The molecule has 2 aromatic rings. The van der Waals surface area contributed by atoms with Crippen molar-refractivity contribution in [1.82, 2.24) is 0 Å². The molecule has 0 spiro atoms. The van der Waals surface area contributed by atoms with Crippen molar-refractivity contribution in [1.29, 1.82) is 0 Å². The van der Waals surface area contributed by atoms with Crippen LogP contribution in [0.2, 0.25) is 0 Å². The van der Waals surface area contributed by atoms with E-state index in [1.54, 1.807) is 31.2 Å². The van der Waals surface area contributed by atoms with Crippen molar-refractivity contribution in [2.75, 3.05) is 17.7 Å². The zero-order chi connectivity index (χ0) is 18.4. The number of carbonyl (C=O) groups excluding carboxylic acids is 2. The lowest BCUT2D eigenvalue weighted by Gasteiger charge is -2.10. The molecule has 8 heteroatoms. The Bertz CT molecular complexity index is 820. The maximum Gasteiger partial charge on any atom is 0.270 e. The summed E-state index contributed by atoms with van der Waals surface area (Å²) in [6.07, 6.45) is 0.335. The van der Waals surface area contributed by atoms with Gasteiger partial charge >= 0.3 is 0 Å². The van der Waals surface area contributed by atoms with Gasteiger partial charge in [0.25, 0.3) is 11.6 Å². The summed E-state index contributed by atoms with van der Waals surface area (Å²) in [5.41, 5.74) is 0.803. The third kappa shape index (κ3) is 4.54. The molecule has 0 bridgehead atoms. The molecule has 2 N–H and O–H groups in total. The number of hydrogen-bond acceptors (Lipinski definition) is 5. The lowest BCUT2D eigenvalue weighted by Crippen LogP contribution is -2.14. The van der Waals surface area contributed by atoms with Gasteiger partial charge in [0.05, 0.1) is 17.6 Å². The Morgan fingerprint density at radius 1 is 1.12 bits per heavy atom. The number of nitrogens with one attached hydrogen (secondary N) is 2. The van der Waals surface area contributed by atoms with E-state index in [9.17, 15) is 19.7 Å². The van der Waals surface area contributed by atoms with Crippen LogP contribution in [-0.4, -0.2) is 23.8 Å². The summed E-state index contributed by atoms with van der Waals surface area (Å²) in [6, 6.07) is 10.4. The molecule has 0 saturated carbocycles. The third-order valence-electron chi connectivity index (χ3n) is 3.36. The minimum atomic E-state index is -0.586. The lowest BCUT2D eigenvalue weighted by atomic mass is 10.1. The summed E-state index contributed by atoms with van der Waals surface area (Å²) >= 11 is 0. The van der Waals surface area contributed by atoms with E-state index >= 15 is 0 Å². The van der Waals surface area contributed by atoms with Crippen molar-refractivity contribution in [2.45, 2.75) is 13.3 Å². The first-order chi connectivity index (χ1) is 11.9. The number of benzene rings is 2. The molecule has 0 aliphatic heterocycles. The Morgan fingerprint density at radius 2 is 1.80 bits per heavy atom. The maximum atomic E-state index is 12.5. The Hall–Kier alpha value is -3.42. The van der Waals surface area contributed by atoms with E-state index in [2.05, 4.69) is 10.6 Å². The van der Waals surface area contributed by atoms with Gasteiger partial charge in [-0.15, -0.1) is 0 Å². The number of hydrogen-bond donors (Lipinski definition) is 2. The largest absolute Gasteiger partial charge is 0.496 e. The monoisotopic (exact) mass is 343 g/mol. The Balaban J connectivity index is 2.25. The second-order valence-electron chi connectivity index (χ2n) is 5.08. The van der Waals surface area contributed by atoms with Crippen LogP contribution in [0.4, 0.5) is 17.1 Å². The van der Waals surface area contributed by atoms with Crippen molar-refractivity contribution < 1.29 is 19.2 Å². The first-order valence-corrected chi connectivity index (χ1v) is 7.48. The standard InChI is InChI=1S/C17H17N3O5/c1-3-16(21)18-11-5-4-6-12(9-11)19-17(22)14-10-13(20(23)24)7-8-15(14)25-2/h4-10H,3H2,1-2H3,(H,18,21)(H,19,22). The molecule has 2 amide bonds. The molecule has 130 valence electrons. The zero-order valence-electron chi connectivity index (χ0n) is 13.7. The molecule has 0 heterocycles. The van der Waals surface area contributed by atoms with Gasteiger partial charge < -0.3 is 15.4 Å². The molecule has 25 heavy (non-hydrogen) atoms. The van der Waals surface area contributed by atoms with Gasteiger partial charge in [0.15, 0.2) is 0 Å². The zero-order valence-corrected chi connectivity index (χ0v) is 13.7. The fourth-order valence-corrected chi connectivity index (χ4v) is 2.11. The highest BCUT2D eigenvalue weighted by molar-refractivity contribution is 6.07. The molecule has 0 fully saturated rings. The highest BCUT2D eigenvalue weighted by atomic mass is 16.6. The van der Waals surface area contributed by atoms with Crippen LogP contribution < -0.4 is 15.4 Å². The van der Waals surface area contributed by atoms with Crippen LogP contribution in [0.15, 0.2) is 42.5 Å². The number of rotatable bonds is 6. The summed E-state index contributed by atoms with van der Waals surface area (Å²) in [5, 5.41) is 16.2. The molecule has 0 aromatic heterocycles. The number of anilines is 2. The fourth-order valence-electron chi connectivity index (χ4n) is 2.11. The van der Waals surface area contributed by atoms with Gasteiger partial charge in [0.2, 0.25) is 5.91 Å². The van der Waals surface area contributed by atoms with Crippen molar-refractivity contribution >= 4 is 28.9 Å². The van der Waals surface area contributed by atoms with Crippen molar-refractivity contribution in [3.05, 3.63) is 58.1 Å². The quantitative estimate of drug-likeness (QED) is 0.618. The number of ether oxygens (including phenoxy) is 1. The average Bonchev–Trinajstić information content (AvgIpc) is 2.61. The van der Waals surface area contributed by atoms with Crippen LogP contribution in [0, 0.1) is 10.1 Å². The summed E-state index contributed by atoms with van der Waals surface area (Å²) in [4.78, 5) is 34.2. The molecule has 0 saturated heterocycles. The molecular weight excluding hydrogens is 326 g/mol. The summed E-state index contributed by atoms with van der Waals surface area (Å²) in [6.45, 7) is 1.73. The van der Waals surface area contributed by atoms with E-state index in [0.29, 0.717) is 17.8 Å². The van der Waals surface area contributed by atoms with E-state index in [1.807, 2.05) is 0 Å². The van der Waals surface area contributed by atoms with Crippen molar-refractivity contribution in [3.8, 4) is 5.75 Å². The first kappa shape index (κ1) is 17.9. The van der Waals surface area contributed by atoms with Crippen LogP contribution in [0.3, 0.4) is 0 Å². The number of nitro benzene ring substituents is 1. The lowest BCUT2D eigenvalue weighted by molar-refractivity contribution is -0.384. The normalized spacial score (nSPS) is 10.0. The van der Waals surface area contributed by atoms with E-state index in [1.165, 1.54) is 19.2 Å². The van der Waals surface area contributed by atoms with Gasteiger partial charge in [-0.25, -0.2) is 0 Å². The summed E-state index contributed by atoms with van der Waals surface area (Å²) in [7, 11) is 1.37. The minimum absolute atomic E-state index is 0.0414. The number of nitrogens with zero attached hydrogens (tertiary/aromatic N) is 1. The molecule has 2 rings (SSSR count). The first-order valence-electron chi connectivity index (χ1n) is 7.48. The fraction of sp³-hybridized carbons (Fsp3) is 0.176. The third-order valence-corrected chi connectivity index (χ3v) is 3.36. The topological polar surface area (TPSA) is 111 Å². The molecule has 0 atom stereocenters. The van der Waals surface area contributed by atoms with Gasteiger partial charge in [0, 0.05) is 29.9 Å². The highest BCUT2D eigenvalue weighted by Gasteiger charge is 2.17. The summed E-state index contributed by atoms with van der Waals surface area (Å²) in [5.74, 6) is -0.484. The molecule has 2 aromatic carbocycles. The van der Waals surface area contributed by atoms with E-state index < -0.39 is 10.8 Å².